The Morgan fingerprint density at radius 1 is 1.03 bits per heavy atom. The molecule has 0 saturated heterocycles. The molecule has 0 aliphatic carbocycles. The van der Waals surface area contributed by atoms with Gasteiger partial charge in [-0.3, -0.25) is 9.52 Å². The molecule has 0 unspecified atom stereocenters. The van der Waals surface area contributed by atoms with Gasteiger partial charge in [-0.05, 0) is 79.6 Å². The molecule has 4 rings (SSSR count). The number of aromatic nitrogens is 1. The number of anilines is 1. The number of rotatable bonds is 4. The number of nitrogens with one attached hydrogen (secondary N) is 1. The molecule has 4 aromatic rings. The first-order valence-corrected chi connectivity index (χ1v) is 12.4. The number of halogens is 1. The lowest BCUT2D eigenvalue weighted by atomic mass is 10.1. The lowest BCUT2D eigenvalue weighted by molar-refractivity contribution is 0.0998. The Morgan fingerprint density at radius 3 is 2.34 bits per heavy atom. The molecular weight excluding hydrogens is 466 g/mol. The van der Waals surface area contributed by atoms with E-state index in [-0.39, 0.29) is 4.90 Å². The van der Waals surface area contributed by atoms with Gasteiger partial charge in [-0.25, -0.2) is 8.42 Å². The summed E-state index contributed by atoms with van der Waals surface area (Å²) in [5.74, 6) is -0.395. The number of amides is 1. The molecule has 1 heterocycles. The van der Waals surface area contributed by atoms with E-state index in [0.717, 1.165) is 21.3 Å². The normalized spacial score (nSPS) is 12.3. The van der Waals surface area contributed by atoms with E-state index in [1.54, 1.807) is 12.1 Å². The zero-order valence-electron chi connectivity index (χ0n) is 17.6. The molecule has 9 heteroatoms. The minimum absolute atomic E-state index is 0.0971. The number of benzene rings is 3. The summed E-state index contributed by atoms with van der Waals surface area (Å²) in [6, 6.07) is 16.2. The van der Waals surface area contributed by atoms with Crippen LogP contribution in [0.3, 0.4) is 0 Å². The van der Waals surface area contributed by atoms with Crippen molar-refractivity contribution in [2.24, 2.45) is 12.0 Å². The minimum atomic E-state index is -3.76. The van der Waals surface area contributed by atoms with E-state index in [2.05, 4.69) is 21.8 Å². The van der Waals surface area contributed by atoms with Crippen LogP contribution in [-0.2, 0) is 17.1 Å². The standard InChI is InChI=1S/C23H20ClN3O3S2/c1-14-12-15(2)21-20(13-14)27(3)23(31-21)25-22(28)16-4-8-18(9-5-16)26-32(29,30)19-10-6-17(24)7-11-19/h4-13,26H,1-3H3. The van der Waals surface area contributed by atoms with Crippen LogP contribution < -0.4 is 9.52 Å². The maximum Gasteiger partial charge on any atom is 0.279 e. The van der Waals surface area contributed by atoms with Gasteiger partial charge in [0.25, 0.3) is 15.9 Å². The lowest BCUT2D eigenvalue weighted by Gasteiger charge is -2.08. The molecule has 0 radical (unpaired) electrons. The Balaban J connectivity index is 1.59. The Labute approximate surface area is 194 Å². The largest absolute Gasteiger partial charge is 0.319 e. The number of nitrogens with zero attached hydrogens (tertiary/aromatic N) is 2. The average molecular weight is 486 g/mol. The van der Waals surface area contributed by atoms with Crippen molar-refractivity contribution in [3.05, 3.63) is 87.2 Å². The average Bonchev–Trinajstić information content (AvgIpc) is 3.04. The summed E-state index contributed by atoms with van der Waals surface area (Å²) in [6.45, 7) is 4.08. The van der Waals surface area contributed by atoms with Crippen LogP contribution in [0.5, 0.6) is 0 Å². The predicted molar refractivity (Wildman–Crippen MR) is 129 cm³/mol. The highest BCUT2D eigenvalue weighted by molar-refractivity contribution is 7.92. The van der Waals surface area contributed by atoms with Crippen LogP contribution in [0.25, 0.3) is 10.2 Å². The van der Waals surface area contributed by atoms with Gasteiger partial charge in [-0.2, -0.15) is 4.99 Å². The van der Waals surface area contributed by atoms with Crippen LogP contribution in [0.4, 0.5) is 5.69 Å². The molecule has 6 nitrogen and oxygen atoms in total. The van der Waals surface area contributed by atoms with E-state index >= 15 is 0 Å². The fraction of sp³-hybridized carbons (Fsp3) is 0.130. The number of hydrogen-bond donors (Lipinski definition) is 1. The first kappa shape index (κ1) is 22.3. The zero-order valence-corrected chi connectivity index (χ0v) is 20.0. The predicted octanol–water partition coefficient (Wildman–Crippen LogP) is 5.05. The molecule has 3 aromatic carbocycles. The lowest BCUT2D eigenvalue weighted by Crippen LogP contribution is -2.14. The van der Waals surface area contributed by atoms with Gasteiger partial charge in [-0.1, -0.05) is 29.0 Å². The van der Waals surface area contributed by atoms with Crippen molar-refractivity contribution in [3.8, 4) is 0 Å². The van der Waals surface area contributed by atoms with Crippen molar-refractivity contribution in [1.29, 1.82) is 0 Å². The van der Waals surface area contributed by atoms with Crippen LogP contribution in [0.1, 0.15) is 21.5 Å². The molecule has 0 aliphatic heterocycles. The summed E-state index contributed by atoms with van der Waals surface area (Å²) < 4.78 is 30.5. The first-order chi connectivity index (χ1) is 15.1. The van der Waals surface area contributed by atoms with Gasteiger partial charge in [-0.15, -0.1) is 0 Å². The molecule has 1 amide bonds. The number of hydrogen-bond acceptors (Lipinski definition) is 4. The van der Waals surface area contributed by atoms with Crippen molar-refractivity contribution in [2.45, 2.75) is 18.7 Å². The van der Waals surface area contributed by atoms with E-state index in [0.29, 0.717) is 21.1 Å². The highest BCUT2D eigenvalue weighted by atomic mass is 35.5. The number of carbonyl (C=O) groups excluding carboxylic acids is 1. The minimum Gasteiger partial charge on any atom is -0.319 e. The van der Waals surface area contributed by atoms with Gasteiger partial charge in [0.15, 0.2) is 4.80 Å². The number of aryl methyl sites for hydroxylation is 3. The maximum absolute atomic E-state index is 12.7. The SMILES string of the molecule is Cc1cc(C)c2sc(=NC(=O)c3ccc(NS(=O)(=O)c4ccc(Cl)cc4)cc3)n(C)c2c1. The summed E-state index contributed by atoms with van der Waals surface area (Å²) in [7, 11) is -1.87. The molecule has 0 bridgehead atoms. The number of carbonyl (C=O) groups is 1. The van der Waals surface area contributed by atoms with Crippen LogP contribution in [0, 0.1) is 13.8 Å². The van der Waals surface area contributed by atoms with Gasteiger partial charge in [0, 0.05) is 23.3 Å². The van der Waals surface area contributed by atoms with Gasteiger partial charge in [0.2, 0.25) is 0 Å². The fourth-order valence-electron chi connectivity index (χ4n) is 3.33. The monoisotopic (exact) mass is 485 g/mol. The fourth-order valence-corrected chi connectivity index (χ4v) is 5.59. The highest BCUT2D eigenvalue weighted by Gasteiger charge is 2.15. The first-order valence-electron chi connectivity index (χ1n) is 9.68. The molecule has 0 atom stereocenters. The summed E-state index contributed by atoms with van der Waals surface area (Å²) >= 11 is 7.28. The molecule has 0 aliphatic rings. The molecule has 0 saturated carbocycles. The molecule has 0 spiro atoms. The van der Waals surface area contributed by atoms with E-state index in [1.165, 1.54) is 47.7 Å². The molecule has 1 N–H and O–H groups in total. The van der Waals surface area contributed by atoms with Gasteiger partial charge < -0.3 is 4.57 Å². The Kier molecular flexibility index (Phi) is 5.94. The smallest absolute Gasteiger partial charge is 0.279 e. The van der Waals surface area contributed by atoms with Crippen molar-refractivity contribution >= 4 is 54.8 Å². The van der Waals surface area contributed by atoms with E-state index in [9.17, 15) is 13.2 Å². The Hall–Kier alpha value is -2.94. The molecule has 0 fully saturated rings. The third-order valence-electron chi connectivity index (χ3n) is 4.95. The van der Waals surface area contributed by atoms with Crippen molar-refractivity contribution in [3.63, 3.8) is 0 Å². The third kappa shape index (κ3) is 4.48. The molecular formula is C23H20ClN3O3S2. The second kappa shape index (κ2) is 8.54. The highest BCUT2D eigenvalue weighted by Crippen LogP contribution is 2.23. The van der Waals surface area contributed by atoms with Crippen molar-refractivity contribution < 1.29 is 13.2 Å². The van der Waals surface area contributed by atoms with E-state index < -0.39 is 15.9 Å². The summed E-state index contributed by atoms with van der Waals surface area (Å²) in [6.07, 6.45) is 0. The topological polar surface area (TPSA) is 80.5 Å². The van der Waals surface area contributed by atoms with Gasteiger partial charge >= 0.3 is 0 Å². The molecule has 1 aromatic heterocycles. The second-order valence-electron chi connectivity index (χ2n) is 7.43. The summed E-state index contributed by atoms with van der Waals surface area (Å²) in [4.78, 5) is 17.7. The van der Waals surface area contributed by atoms with Crippen LogP contribution in [0.2, 0.25) is 5.02 Å². The Bertz CT molecular complexity index is 1500. The second-order valence-corrected chi connectivity index (χ2v) is 10.5. The van der Waals surface area contributed by atoms with Crippen LogP contribution in [0.15, 0.2) is 70.6 Å². The molecule has 164 valence electrons. The van der Waals surface area contributed by atoms with E-state index in [1.807, 2.05) is 25.5 Å². The quantitative estimate of drug-likeness (QED) is 0.439. The number of fused-ring (bicyclic) bond motifs is 1. The summed E-state index contributed by atoms with van der Waals surface area (Å²) in [5, 5.41) is 0.452. The third-order valence-corrected chi connectivity index (χ3v) is 7.88. The van der Waals surface area contributed by atoms with Gasteiger partial charge in [0.05, 0.1) is 15.1 Å². The maximum atomic E-state index is 12.7. The van der Waals surface area contributed by atoms with Gasteiger partial charge in [0.1, 0.15) is 0 Å². The van der Waals surface area contributed by atoms with Crippen LogP contribution >= 0.6 is 22.9 Å². The van der Waals surface area contributed by atoms with E-state index in [4.69, 9.17) is 11.6 Å². The zero-order chi connectivity index (χ0) is 23.0. The van der Waals surface area contributed by atoms with Crippen LogP contribution in [-0.4, -0.2) is 18.9 Å². The van der Waals surface area contributed by atoms with Crippen molar-refractivity contribution in [2.75, 3.05) is 4.72 Å². The number of thiazole rings is 1. The molecule has 32 heavy (non-hydrogen) atoms. The Morgan fingerprint density at radius 2 is 1.69 bits per heavy atom. The number of sulfonamides is 1. The van der Waals surface area contributed by atoms with Crippen molar-refractivity contribution in [1.82, 2.24) is 4.57 Å². The summed E-state index contributed by atoms with van der Waals surface area (Å²) in [5.41, 5.74) is 4.04.